The monoisotopic (exact) mass is 306 g/mol. The number of rotatable bonds is 1. The minimum atomic E-state index is -1.42. The smallest absolute Gasteiger partial charge is 0.278 e. The van der Waals surface area contributed by atoms with E-state index in [-0.39, 0.29) is 0 Å². The number of aliphatic hydroxyl groups excluding tert-OH is 1. The van der Waals surface area contributed by atoms with Gasteiger partial charge < -0.3 is 10.0 Å². The van der Waals surface area contributed by atoms with E-state index < -0.39 is 12.1 Å². The highest BCUT2D eigenvalue weighted by Gasteiger charge is 2.28. The number of amides is 1. The summed E-state index contributed by atoms with van der Waals surface area (Å²) >= 11 is 6.08. The van der Waals surface area contributed by atoms with Gasteiger partial charge in [-0.05, 0) is 18.2 Å². The molecule has 2 aromatic carbocycles. The molecule has 1 heterocycles. The van der Waals surface area contributed by atoms with Crippen molar-refractivity contribution in [2.24, 2.45) is 4.99 Å². The molecule has 0 saturated heterocycles. The molecule has 1 aliphatic rings. The van der Waals surface area contributed by atoms with Crippen LogP contribution in [0.15, 0.2) is 53.5 Å². The number of carbonyl (C=O) groups excluding carboxylic acids is 1. The molecule has 5 heteroatoms. The number of aliphatic hydroxyl groups is 1. The van der Waals surface area contributed by atoms with Gasteiger partial charge in [0, 0.05) is 23.2 Å². The SMILES string of the molecule is CN1C(=O)C(O)N=C(c2ccccc2)[13c]2[13cH][13c](Cl)[13cH][13cH][13c]21. The van der Waals surface area contributed by atoms with Crippen LogP contribution in [0.4, 0.5) is 5.69 Å². The minimum absolute atomic E-state index is 0.468. The van der Waals surface area contributed by atoms with Gasteiger partial charge in [-0.3, -0.25) is 4.79 Å². The number of anilines is 1. The Bertz CT molecular complexity index is 728. The van der Waals surface area contributed by atoms with Crippen LogP contribution in [0.1, 0.15) is 11.1 Å². The van der Waals surface area contributed by atoms with Crippen LogP contribution in [-0.4, -0.2) is 30.0 Å². The lowest BCUT2D eigenvalue weighted by molar-refractivity contribution is -0.125. The van der Waals surface area contributed by atoms with Crippen molar-refractivity contribution in [3.05, 3.63) is 64.7 Å². The summed E-state index contributed by atoms with van der Waals surface area (Å²) in [5.41, 5.74) is 2.77. The first-order chi connectivity index (χ1) is 10.1. The summed E-state index contributed by atoms with van der Waals surface area (Å²) in [5, 5.41) is 10.5. The Labute approximate surface area is 127 Å². The maximum atomic E-state index is 12.1. The van der Waals surface area contributed by atoms with Gasteiger partial charge in [0.05, 0.1) is 11.4 Å². The molecule has 1 N–H and O–H groups in total. The Kier molecular flexibility index (Phi) is 3.49. The van der Waals surface area contributed by atoms with E-state index in [1.54, 1.807) is 25.2 Å². The van der Waals surface area contributed by atoms with Gasteiger partial charge in [-0.2, -0.15) is 0 Å². The summed E-state index contributed by atoms with van der Waals surface area (Å²) in [4.78, 5) is 17.7. The Morgan fingerprint density at radius 1 is 1.19 bits per heavy atom. The standard InChI is InChI=1S/C16H13ClN2O2/c1-19-13-8-7-11(17)9-12(13)14(18-15(20)16(19)21)10-5-3-2-4-6-10/h2-9,15,20H,1H3/i7+1,8+1,9+1,11+1,12+1,13+1. The molecule has 1 aliphatic heterocycles. The highest BCUT2D eigenvalue weighted by molar-refractivity contribution is 6.32. The number of hydrogen-bond donors (Lipinski definition) is 1. The van der Waals surface area contributed by atoms with Crippen molar-refractivity contribution in [3.63, 3.8) is 0 Å². The molecule has 0 radical (unpaired) electrons. The quantitative estimate of drug-likeness (QED) is 0.880. The van der Waals surface area contributed by atoms with Gasteiger partial charge in [-0.15, -0.1) is 0 Å². The van der Waals surface area contributed by atoms with Gasteiger partial charge in [-0.25, -0.2) is 4.99 Å². The second-order valence-electron chi connectivity index (χ2n) is 4.78. The van der Waals surface area contributed by atoms with Crippen molar-refractivity contribution < 1.29 is 9.90 Å². The number of nitrogens with zero attached hydrogens (tertiary/aromatic N) is 2. The number of likely N-dealkylation sites (N-methyl/N-ethyl adjacent to an activating group) is 1. The number of halogens is 1. The van der Waals surface area contributed by atoms with Crippen LogP contribution in [0, 0.1) is 0 Å². The molecular formula is C16H13ClN2O2. The second kappa shape index (κ2) is 5.31. The molecular weight excluding hydrogens is 294 g/mol. The van der Waals surface area contributed by atoms with Gasteiger partial charge >= 0.3 is 0 Å². The fourth-order valence-corrected chi connectivity index (χ4v) is 2.53. The van der Waals surface area contributed by atoms with Crippen molar-refractivity contribution >= 4 is 28.9 Å². The van der Waals surface area contributed by atoms with Gasteiger partial charge in [0.15, 0.2) is 0 Å². The molecule has 0 aromatic heterocycles. The molecule has 0 aliphatic carbocycles. The Hall–Kier alpha value is -2.17. The zero-order valence-electron chi connectivity index (χ0n) is 11.3. The van der Waals surface area contributed by atoms with Crippen molar-refractivity contribution in [1.82, 2.24) is 0 Å². The lowest BCUT2D eigenvalue weighted by atomic mass is 10.2. The van der Waals surface area contributed by atoms with E-state index in [9.17, 15) is 9.90 Å². The number of benzene rings is 2. The molecule has 0 bridgehead atoms. The molecule has 0 fully saturated rings. The molecule has 1 atom stereocenters. The number of aliphatic imine (C=N–C) groups is 1. The molecule has 106 valence electrons. The summed E-state index contributed by atoms with van der Waals surface area (Å²) < 4.78 is 0. The molecule has 1 amide bonds. The average molecular weight is 307 g/mol. The van der Waals surface area contributed by atoms with Crippen LogP contribution in [0.5, 0.6) is 0 Å². The first-order valence-electron chi connectivity index (χ1n) is 6.46. The average Bonchev–Trinajstić information content (AvgIpc) is 2.59. The van der Waals surface area contributed by atoms with E-state index >= 15 is 0 Å². The molecule has 0 spiro atoms. The van der Waals surface area contributed by atoms with Gasteiger partial charge in [0.25, 0.3) is 5.91 Å². The third-order valence-electron chi connectivity index (χ3n) is 3.43. The normalized spacial score (nSPS) is 18.0. The lowest BCUT2D eigenvalue weighted by Gasteiger charge is -2.18. The largest absolute Gasteiger partial charge is 0.364 e. The van der Waals surface area contributed by atoms with Crippen LogP contribution >= 0.6 is 11.6 Å². The maximum Gasteiger partial charge on any atom is 0.278 e. The summed E-state index contributed by atoms with van der Waals surface area (Å²) in [7, 11) is 1.61. The molecule has 0 saturated carbocycles. The summed E-state index contributed by atoms with van der Waals surface area (Å²) in [5.74, 6) is -0.468. The predicted molar refractivity (Wildman–Crippen MR) is 82.9 cm³/mol. The maximum absolute atomic E-state index is 12.1. The zero-order chi connectivity index (χ0) is 15.0. The van der Waals surface area contributed by atoms with Crippen molar-refractivity contribution in [2.45, 2.75) is 6.23 Å². The first-order valence-corrected chi connectivity index (χ1v) is 6.84. The Balaban J connectivity index is 2.27. The van der Waals surface area contributed by atoms with E-state index in [0.29, 0.717) is 16.4 Å². The summed E-state index contributed by atoms with van der Waals surface area (Å²) in [6.45, 7) is 0. The Morgan fingerprint density at radius 2 is 1.90 bits per heavy atom. The van der Waals surface area contributed by atoms with E-state index in [1.807, 2.05) is 30.3 Å². The van der Waals surface area contributed by atoms with Crippen LogP contribution in [0.2, 0.25) is 5.02 Å². The fraction of sp³-hybridized carbons (Fsp3) is 0.125. The van der Waals surface area contributed by atoms with Crippen LogP contribution in [0.3, 0.4) is 0 Å². The summed E-state index contributed by atoms with van der Waals surface area (Å²) in [6, 6.07) is 14.6. The lowest BCUT2D eigenvalue weighted by Crippen LogP contribution is -2.34. The molecule has 1 unspecified atom stereocenters. The predicted octanol–water partition coefficient (Wildman–Crippen LogP) is 2.47. The van der Waals surface area contributed by atoms with E-state index in [4.69, 9.17) is 11.6 Å². The van der Waals surface area contributed by atoms with Crippen molar-refractivity contribution in [2.75, 3.05) is 11.9 Å². The first kappa shape index (κ1) is 13.8. The number of hydrogen-bond acceptors (Lipinski definition) is 3. The fourth-order valence-electron chi connectivity index (χ4n) is 2.36. The van der Waals surface area contributed by atoms with Crippen LogP contribution in [-0.2, 0) is 4.79 Å². The highest BCUT2D eigenvalue weighted by Crippen LogP contribution is 2.29. The van der Waals surface area contributed by atoms with Crippen LogP contribution < -0.4 is 4.90 Å². The number of benzodiazepines with no additional fused rings is 1. The van der Waals surface area contributed by atoms with E-state index in [2.05, 4.69) is 4.99 Å². The molecule has 4 nitrogen and oxygen atoms in total. The molecule has 3 rings (SSSR count). The zero-order valence-corrected chi connectivity index (χ0v) is 12.1. The highest BCUT2D eigenvalue weighted by atomic mass is 35.5. The number of carbonyl (C=O) groups is 1. The van der Waals surface area contributed by atoms with E-state index in [1.165, 1.54) is 4.90 Å². The summed E-state index contributed by atoms with van der Waals surface area (Å²) in [6.07, 6.45) is -1.42. The Morgan fingerprint density at radius 3 is 2.62 bits per heavy atom. The third kappa shape index (κ3) is 2.44. The second-order valence-corrected chi connectivity index (χ2v) is 5.21. The van der Waals surface area contributed by atoms with Gasteiger partial charge in [0.1, 0.15) is 0 Å². The topological polar surface area (TPSA) is 52.9 Å². The van der Waals surface area contributed by atoms with Gasteiger partial charge in [0.2, 0.25) is 6.23 Å². The molecule has 2 aromatic rings. The minimum Gasteiger partial charge on any atom is -0.364 e. The van der Waals surface area contributed by atoms with Crippen LogP contribution in [0.25, 0.3) is 0 Å². The number of fused-ring (bicyclic) bond motifs is 1. The molecule has 21 heavy (non-hydrogen) atoms. The van der Waals surface area contributed by atoms with E-state index in [0.717, 1.165) is 11.1 Å². The third-order valence-corrected chi connectivity index (χ3v) is 3.66. The van der Waals surface area contributed by atoms with Gasteiger partial charge in [-0.1, -0.05) is 41.9 Å². The van der Waals surface area contributed by atoms with Crippen molar-refractivity contribution in [1.29, 1.82) is 0 Å². The van der Waals surface area contributed by atoms with Crippen molar-refractivity contribution in [3.8, 4) is 0 Å².